The fourth-order valence-corrected chi connectivity index (χ4v) is 2.60. The van der Waals surface area contributed by atoms with Crippen molar-refractivity contribution in [3.05, 3.63) is 29.4 Å². The maximum atomic E-state index is 6.11. The van der Waals surface area contributed by atoms with Gasteiger partial charge < -0.3 is 20.1 Å². The Kier molecular flexibility index (Phi) is 5.09. The van der Waals surface area contributed by atoms with Crippen molar-refractivity contribution in [1.29, 1.82) is 0 Å². The predicted molar refractivity (Wildman–Crippen MR) is 88.6 cm³/mol. The number of hydrogen-bond donors (Lipinski definition) is 2. The highest BCUT2D eigenvalue weighted by Crippen LogP contribution is 2.28. The maximum Gasteiger partial charge on any atom is 0.244 e. The van der Waals surface area contributed by atoms with Gasteiger partial charge in [-0.1, -0.05) is 11.6 Å². The molecule has 0 saturated carbocycles. The topological polar surface area (TPSA) is 81.2 Å². The quantitative estimate of drug-likeness (QED) is 0.840. The molecule has 1 fully saturated rings. The van der Waals surface area contributed by atoms with Crippen molar-refractivity contribution in [3.8, 4) is 5.75 Å². The summed E-state index contributed by atoms with van der Waals surface area (Å²) in [6.07, 6.45) is 3.93. The minimum absolute atomic E-state index is 0.218. The van der Waals surface area contributed by atoms with Gasteiger partial charge in [-0.15, -0.1) is 5.10 Å². The zero-order valence-corrected chi connectivity index (χ0v) is 13.5. The van der Waals surface area contributed by atoms with Gasteiger partial charge in [0.1, 0.15) is 5.75 Å². The van der Waals surface area contributed by atoms with Crippen LogP contribution in [0.4, 0.5) is 17.5 Å². The van der Waals surface area contributed by atoms with Crippen LogP contribution in [0.15, 0.2) is 24.4 Å². The van der Waals surface area contributed by atoms with Crippen molar-refractivity contribution >= 4 is 29.1 Å². The van der Waals surface area contributed by atoms with Crippen molar-refractivity contribution < 1.29 is 9.47 Å². The first-order valence-corrected chi connectivity index (χ1v) is 7.78. The molecule has 0 aliphatic carbocycles. The third kappa shape index (κ3) is 4.20. The van der Waals surface area contributed by atoms with E-state index in [4.69, 9.17) is 21.1 Å². The molecule has 2 N–H and O–H groups in total. The van der Waals surface area contributed by atoms with E-state index >= 15 is 0 Å². The average molecular weight is 336 g/mol. The van der Waals surface area contributed by atoms with Gasteiger partial charge in [-0.2, -0.15) is 10.1 Å². The fourth-order valence-electron chi connectivity index (χ4n) is 2.34. The van der Waals surface area contributed by atoms with Gasteiger partial charge in [-0.25, -0.2) is 0 Å². The van der Waals surface area contributed by atoms with Crippen LogP contribution in [0.2, 0.25) is 5.02 Å². The van der Waals surface area contributed by atoms with E-state index in [1.807, 2.05) is 6.07 Å². The van der Waals surface area contributed by atoms with E-state index in [9.17, 15) is 0 Å². The van der Waals surface area contributed by atoms with E-state index in [0.29, 0.717) is 29.1 Å². The molecule has 2 heterocycles. The van der Waals surface area contributed by atoms with Crippen LogP contribution in [0.25, 0.3) is 0 Å². The monoisotopic (exact) mass is 335 g/mol. The molecule has 1 aromatic heterocycles. The predicted octanol–water partition coefficient (Wildman–Crippen LogP) is 2.87. The lowest BCUT2D eigenvalue weighted by molar-refractivity contribution is 0.120. The third-order valence-electron chi connectivity index (χ3n) is 3.49. The van der Waals surface area contributed by atoms with Gasteiger partial charge in [0.05, 0.1) is 24.4 Å². The summed E-state index contributed by atoms with van der Waals surface area (Å²) in [7, 11) is 1.58. The van der Waals surface area contributed by atoms with E-state index in [1.54, 1.807) is 25.4 Å². The normalized spacial score (nSPS) is 17.0. The van der Waals surface area contributed by atoms with Gasteiger partial charge in [0.2, 0.25) is 5.95 Å². The second kappa shape index (κ2) is 7.43. The summed E-state index contributed by atoms with van der Waals surface area (Å²) >= 11 is 6.11. The minimum atomic E-state index is 0.218. The van der Waals surface area contributed by atoms with Gasteiger partial charge in [-0.05, 0) is 31.0 Å². The van der Waals surface area contributed by atoms with Crippen LogP contribution in [0, 0.1) is 0 Å². The van der Waals surface area contributed by atoms with E-state index in [-0.39, 0.29) is 6.10 Å². The van der Waals surface area contributed by atoms with Crippen LogP contribution in [-0.4, -0.2) is 41.5 Å². The number of benzene rings is 1. The molecule has 1 aliphatic rings. The first-order chi connectivity index (χ1) is 11.2. The molecular formula is C15H18ClN5O2. The molecule has 2 aromatic rings. The number of nitrogens with zero attached hydrogens (tertiary/aromatic N) is 3. The number of ether oxygens (including phenoxy) is 2. The molecule has 1 unspecified atom stereocenters. The molecular weight excluding hydrogens is 318 g/mol. The Labute approximate surface area is 139 Å². The highest BCUT2D eigenvalue weighted by molar-refractivity contribution is 6.32. The SMILES string of the molecule is COc1ccc(Nc2cnnc(NCC3CCCO3)n2)cc1Cl. The summed E-state index contributed by atoms with van der Waals surface area (Å²) < 4.78 is 10.7. The molecule has 1 aromatic carbocycles. The maximum absolute atomic E-state index is 6.11. The lowest BCUT2D eigenvalue weighted by atomic mass is 10.2. The first kappa shape index (κ1) is 15.8. The summed E-state index contributed by atoms with van der Waals surface area (Å²) in [4.78, 5) is 4.38. The van der Waals surface area contributed by atoms with E-state index < -0.39 is 0 Å². The van der Waals surface area contributed by atoms with Gasteiger partial charge >= 0.3 is 0 Å². The summed E-state index contributed by atoms with van der Waals surface area (Å²) in [6, 6.07) is 5.41. The van der Waals surface area contributed by atoms with Crippen LogP contribution >= 0.6 is 11.6 Å². The molecule has 0 amide bonds. The number of hydrogen-bond acceptors (Lipinski definition) is 7. The lowest BCUT2D eigenvalue weighted by Gasteiger charge is -2.11. The smallest absolute Gasteiger partial charge is 0.244 e. The number of aromatic nitrogens is 3. The highest BCUT2D eigenvalue weighted by Gasteiger charge is 2.15. The molecule has 1 aliphatic heterocycles. The summed E-state index contributed by atoms with van der Waals surface area (Å²) in [5.74, 6) is 1.66. The second-order valence-electron chi connectivity index (χ2n) is 5.16. The minimum Gasteiger partial charge on any atom is -0.495 e. The molecule has 8 heteroatoms. The Balaban J connectivity index is 1.63. The number of methoxy groups -OCH3 is 1. The van der Waals surface area contributed by atoms with E-state index in [2.05, 4.69) is 25.8 Å². The van der Waals surface area contributed by atoms with Crippen LogP contribution in [0.3, 0.4) is 0 Å². The Bertz CT molecular complexity index is 664. The summed E-state index contributed by atoms with van der Waals surface area (Å²) in [5.41, 5.74) is 0.793. The largest absolute Gasteiger partial charge is 0.495 e. The van der Waals surface area contributed by atoms with Crippen LogP contribution < -0.4 is 15.4 Å². The molecule has 7 nitrogen and oxygen atoms in total. The molecule has 0 spiro atoms. The second-order valence-corrected chi connectivity index (χ2v) is 5.56. The molecule has 0 bridgehead atoms. The highest BCUT2D eigenvalue weighted by atomic mass is 35.5. The van der Waals surface area contributed by atoms with Gasteiger partial charge in [0.25, 0.3) is 0 Å². The Morgan fingerprint density at radius 2 is 2.35 bits per heavy atom. The van der Waals surface area contributed by atoms with Crippen molar-refractivity contribution in [3.63, 3.8) is 0 Å². The van der Waals surface area contributed by atoms with Crippen molar-refractivity contribution in [2.24, 2.45) is 0 Å². The Hall–Kier alpha value is -2.12. The third-order valence-corrected chi connectivity index (χ3v) is 3.79. The lowest BCUT2D eigenvalue weighted by Crippen LogP contribution is -2.20. The Morgan fingerprint density at radius 3 is 3.09 bits per heavy atom. The fraction of sp³-hybridized carbons (Fsp3) is 0.400. The number of halogens is 1. The van der Waals surface area contributed by atoms with Crippen molar-refractivity contribution in [1.82, 2.24) is 15.2 Å². The first-order valence-electron chi connectivity index (χ1n) is 7.40. The van der Waals surface area contributed by atoms with Gasteiger partial charge in [-0.3, -0.25) is 0 Å². The zero-order chi connectivity index (χ0) is 16.1. The van der Waals surface area contributed by atoms with Crippen LogP contribution in [-0.2, 0) is 4.74 Å². The standard InChI is InChI=1S/C15H18ClN5O2/c1-22-13-5-4-10(7-12(13)16)19-14-9-18-21-15(20-14)17-8-11-3-2-6-23-11/h4-5,7,9,11H,2-3,6,8H2,1H3,(H2,17,19,20,21). The van der Waals surface area contributed by atoms with Crippen molar-refractivity contribution in [2.45, 2.75) is 18.9 Å². The number of rotatable bonds is 6. The molecule has 3 rings (SSSR count). The Morgan fingerprint density at radius 1 is 1.43 bits per heavy atom. The van der Waals surface area contributed by atoms with E-state index in [0.717, 1.165) is 25.1 Å². The number of nitrogens with one attached hydrogen (secondary N) is 2. The molecule has 1 atom stereocenters. The average Bonchev–Trinajstić information content (AvgIpc) is 3.07. The number of anilines is 3. The van der Waals surface area contributed by atoms with Crippen molar-refractivity contribution in [2.75, 3.05) is 30.9 Å². The van der Waals surface area contributed by atoms with Crippen LogP contribution in [0.1, 0.15) is 12.8 Å². The summed E-state index contributed by atoms with van der Waals surface area (Å²) in [5, 5.41) is 14.7. The summed E-state index contributed by atoms with van der Waals surface area (Å²) in [6.45, 7) is 1.50. The molecule has 122 valence electrons. The van der Waals surface area contributed by atoms with Crippen LogP contribution in [0.5, 0.6) is 5.75 Å². The molecule has 0 radical (unpaired) electrons. The van der Waals surface area contributed by atoms with Gasteiger partial charge in [0, 0.05) is 18.8 Å². The van der Waals surface area contributed by atoms with E-state index in [1.165, 1.54) is 0 Å². The zero-order valence-electron chi connectivity index (χ0n) is 12.8. The van der Waals surface area contributed by atoms with Gasteiger partial charge in [0.15, 0.2) is 5.82 Å². The molecule has 23 heavy (non-hydrogen) atoms. The molecule has 1 saturated heterocycles.